The Morgan fingerprint density at radius 2 is 1.79 bits per heavy atom. The van der Waals surface area contributed by atoms with Gasteiger partial charge in [-0.15, -0.1) is 0 Å². The fourth-order valence-electron chi connectivity index (χ4n) is 1.63. The minimum absolute atomic E-state index is 0.680. The van der Waals surface area contributed by atoms with E-state index in [2.05, 4.69) is 42.7 Å². The molecule has 0 heterocycles. The first kappa shape index (κ1) is 14.4. The molecule has 2 aromatic rings. The fourth-order valence-corrected chi connectivity index (χ4v) is 2.92. The van der Waals surface area contributed by atoms with E-state index in [0.717, 1.165) is 25.9 Å². The van der Waals surface area contributed by atoms with E-state index in [4.69, 9.17) is 4.74 Å². The van der Waals surface area contributed by atoms with Crippen LogP contribution in [0.15, 0.2) is 51.4 Å². The topological polar surface area (TPSA) is 33.3 Å². The van der Waals surface area contributed by atoms with Gasteiger partial charge in [0.1, 0.15) is 5.75 Å². The van der Waals surface area contributed by atoms with Crippen LogP contribution in [-0.4, -0.2) is 7.11 Å². The summed E-state index contributed by atoms with van der Waals surface area (Å²) in [4.78, 5) is 0. The molecule has 0 aromatic heterocycles. The summed E-state index contributed by atoms with van der Waals surface area (Å²) in [6.45, 7) is 0.680. The number of halogens is 2. The van der Waals surface area contributed by atoms with Crippen molar-refractivity contribution in [2.45, 2.75) is 6.54 Å². The molecule has 0 saturated carbocycles. The highest BCUT2D eigenvalue weighted by Crippen LogP contribution is 2.31. The predicted octanol–water partition coefficient (Wildman–Crippen LogP) is 4.34. The van der Waals surface area contributed by atoms with E-state index in [0.29, 0.717) is 6.54 Å². The Hall–Kier alpha value is -1.04. The summed E-state index contributed by atoms with van der Waals surface area (Å²) >= 11 is 7.00. The number of ether oxygens (including phenoxy) is 1. The van der Waals surface area contributed by atoms with Crippen molar-refractivity contribution in [3.8, 4) is 5.75 Å². The molecule has 2 rings (SSSR count). The van der Waals surface area contributed by atoms with Crippen molar-refractivity contribution in [2.24, 2.45) is 0 Å². The van der Waals surface area contributed by atoms with Gasteiger partial charge in [-0.3, -0.25) is 0 Å². The van der Waals surface area contributed by atoms with Crippen molar-refractivity contribution in [1.29, 1.82) is 0 Å². The van der Waals surface area contributed by atoms with E-state index in [-0.39, 0.29) is 0 Å². The molecule has 0 radical (unpaired) electrons. The van der Waals surface area contributed by atoms with Crippen molar-refractivity contribution in [3.63, 3.8) is 0 Å². The van der Waals surface area contributed by atoms with Gasteiger partial charge in [-0.2, -0.15) is 0 Å². The molecule has 2 aromatic carbocycles. The lowest BCUT2D eigenvalue weighted by atomic mass is 10.2. The number of rotatable bonds is 5. The lowest BCUT2D eigenvalue weighted by Gasteiger charge is -2.12. The number of hydrazine groups is 1. The van der Waals surface area contributed by atoms with Crippen LogP contribution < -0.4 is 15.6 Å². The van der Waals surface area contributed by atoms with E-state index >= 15 is 0 Å². The minimum atomic E-state index is 0.680. The third-order valence-electron chi connectivity index (χ3n) is 2.61. The van der Waals surface area contributed by atoms with Gasteiger partial charge in [-0.1, -0.05) is 34.1 Å². The monoisotopic (exact) mass is 384 g/mol. The van der Waals surface area contributed by atoms with Crippen LogP contribution in [-0.2, 0) is 6.54 Å². The van der Waals surface area contributed by atoms with Gasteiger partial charge in [0.05, 0.1) is 11.6 Å². The summed E-state index contributed by atoms with van der Waals surface area (Å²) in [6.07, 6.45) is 0. The second-order valence-corrected chi connectivity index (χ2v) is 5.63. The zero-order chi connectivity index (χ0) is 13.7. The van der Waals surface area contributed by atoms with Gasteiger partial charge in [-0.05, 0) is 45.8 Å². The van der Waals surface area contributed by atoms with E-state index in [1.165, 1.54) is 0 Å². The van der Waals surface area contributed by atoms with Crippen LogP contribution in [0.4, 0.5) is 5.69 Å². The average molecular weight is 386 g/mol. The van der Waals surface area contributed by atoms with Crippen LogP contribution in [0, 0.1) is 0 Å². The zero-order valence-electron chi connectivity index (χ0n) is 10.4. The van der Waals surface area contributed by atoms with Gasteiger partial charge in [0.15, 0.2) is 0 Å². The molecular weight excluding hydrogens is 372 g/mol. The molecule has 19 heavy (non-hydrogen) atoms. The smallest absolute Gasteiger partial charge is 0.133 e. The summed E-state index contributed by atoms with van der Waals surface area (Å²) in [6, 6.07) is 14.0. The molecule has 5 heteroatoms. The standard InChI is InChI=1S/C14H14Br2N2O/c1-19-14-7-10(12(15)8-13(14)16)9-17-18-11-5-3-2-4-6-11/h2-8,17-18H,9H2,1H3. The first-order valence-electron chi connectivity index (χ1n) is 5.76. The van der Waals surface area contributed by atoms with E-state index < -0.39 is 0 Å². The molecule has 0 aliphatic carbocycles. The molecule has 0 spiro atoms. The Morgan fingerprint density at radius 1 is 1.05 bits per heavy atom. The van der Waals surface area contributed by atoms with Crippen LogP contribution in [0.1, 0.15) is 5.56 Å². The molecule has 0 atom stereocenters. The molecule has 0 fully saturated rings. The predicted molar refractivity (Wildman–Crippen MR) is 85.3 cm³/mol. The van der Waals surface area contributed by atoms with Gasteiger partial charge < -0.3 is 10.2 Å². The zero-order valence-corrected chi connectivity index (χ0v) is 13.6. The maximum absolute atomic E-state index is 5.29. The van der Waals surface area contributed by atoms with Crippen LogP contribution in [0.25, 0.3) is 0 Å². The minimum Gasteiger partial charge on any atom is -0.496 e. The highest BCUT2D eigenvalue weighted by molar-refractivity contribution is 9.11. The first-order chi connectivity index (χ1) is 9.20. The highest BCUT2D eigenvalue weighted by atomic mass is 79.9. The van der Waals surface area contributed by atoms with Crippen LogP contribution in [0.5, 0.6) is 5.75 Å². The van der Waals surface area contributed by atoms with Crippen molar-refractivity contribution in [2.75, 3.05) is 12.5 Å². The Kier molecular flexibility index (Phi) is 5.24. The average Bonchev–Trinajstić information content (AvgIpc) is 2.42. The van der Waals surface area contributed by atoms with Crippen molar-refractivity contribution in [3.05, 3.63) is 57.0 Å². The molecule has 0 amide bonds. The largest absolute Gasteiger partial charge is 0.496 e. The summed E-state index contributed by atoms with van der Waals surface area (Å²) in [5, 5.41) is 0. The Morgan fingerprint density at radius 3 is 2.47 bits per heavy atom. The number of hydrogen-bond donors (Lipinski definition) is 2. The first-order valence-corrected chi connectivity index (χ1v) is 7.35. The quantitative estimate of drug-likeness (QED) is 0.751. The van der Waals surface area contributed by atoms with Crippen LogP contribution in [0.3, 0.4) is 0 Å². The number of nitrogens with one attached hydrogen (secondary N) is 2. The molecular formula is C14H14Br2N2O. The normalized spacial score (nSPS) is 10.3. The molecule has 0 aliphatic heterocycles. The molecule has 2 N–H and O–H groups in total. The fraction of sp³-hybridized carbons (Fsp3) is 0.143. The lowest BCUT2D eigenvalue weighted by molar-refractivity contribution is 0.411. The number of methoxy groups -OCH3 is 1. The van der Waals surface area contributed by atoms with E-state index in [1.54, 1.807) is 7.11 Å². The highest BCUT2D eigenvalue weighted by Gasteiger charge is 2.06. The van der Waals surface area contributed by atoms with Crippen molar-refractivity contribution in [1.82, 2.24) is 5.43 Å². The lowest BCUT2D eigenvalue weighted by Crippen LogP contribution is -2.21. The van der Waals surface area contributed by atoms with Crippen LogP contribution in [0.2, 0.25) is 0 Å². The number of para-hydroxylation sites is 1. The molecule has 3 nitrogen and oxygen atoms in total. The van der Waals surface area contributed by atoms with Crippen molar-refractivity contribution < 1.29 is 4.74 Å². The SMILES string of the molecule is COc1cc(CNNc2ccccc2)c(Br)cc1Br. The molecule has 0 aliphatic rings. The third-order valence-corrected chi connectivity index (χ3v) is 3.96. The maximum Gasteiger partial charge on any atom is 0.133 e. The molecule has 0 bridgehead atoms. The summed E-state index contributed by atoms with van der Waals surface area (Å²) in [7, 11) is 1.66. The maximum atomic E-state index is 5.29. The summed E-state index contributed by atoms with van der Waals surface area (Å²) in [5.74, 6) is 0.819. The van der Waals surface area contributed by atoms with E-state index in [9.17, 15) is 0 Å². The van der Waals surface area contributed by atoms with Crippen molar-refractivity contribution >= 4 is 37.5 Å². The Balaban J connectivity index is 2.00. The molecule has 0 saturated heterocycles. The number of hydrogen-bond acceptors (Lipinski definition) is 3. The summed E-state index contributed by atoms with van der Waals surface area (Å²) in [5.41, 5.74) is 8.47. The Bertz CT molecular complexity index is 547. The number of anilines is 1. The molecule has 0 unspecified atom stereocenters. The molecule has 100 valence electrons. The van der Waals surface area contributed by atoms with Gasteiger partial charge in [-0.25, -0.2) is 5.43 Å². The van der Waals surface area contributed by atoms with E-state index in [1.807, 2.05) is 42.5 Å². The Labute approximate surface area is 129 Å². The second kappa shape index (κ2) is 6.93. The van der Waals surface area contributed by atoms with Gasteiger partial charge in [0, 0.05) is 16.7 Å². The summed E-state index contributed by atoms with van der Waals surface area (Å²) < 4.78 is 7.25. The van der Waals surface area contributed by atoms with Gasteiger partial charge in [0.25, 0.3) is 0 Å². The third kappa shape index (κ3) is 3.96. The van der Waals surface area contributed by atoms with Crippen LogP contribution >= 0.6 is 31.9 Å². The van der Waals surface area contributed by atoms with Gasteiger partial charge in [0.2, 0.25) is 0 Å². The number of benzene rings is 2. The second-order valence-electron chi connectivity index (χ2n) is 3.92. The van der Waals surface area contributed by atoms with Gasteiger partial charge >= 0.3 is 0 Å².